The highest BCUT2D eigenvalue weighted by atomic mass is 79.9. The fourth-order valence-corrected chi connectivity index (χ4v) is 4.90. The van der Waals surface area contributed by atoms with Gasteiger partial charge in [0.25, 0.3) is 0 Å². The van der Waals surface area contributed by atoms with Crippen molar-refractivity contribution in [2.75, 3.05) is 12.3 Å². The molecule has 6 heteroatoms. The summed E-state index contributed by atoms with van der Waals surface area (Å²) in [6.07, 6.45) is 2.60. The van der Waals surface area contributed by atoms with Crippen LogP contribution in [0.5, 0.6) is 0 Å². The molecule has 3 nitrogen and oxygen atoms in total. The Bertz CT molecular complexity index is 578. The summed E-state index contributed by atoms with van der Waals surface area (Å²) in [6, 6.07) is 2.79. The Hall–Kier alpha value is -0.430. The predicted molar refractivity (Wildman–Crippen MR) is 86.6 cm³/mol. The molecular weight excluding hydrogens is 342 g/mol. The third-order valence-electron chi connectivity index (χ3n) is 3.55. The van der Waals surface area contributed by atoms with Gasteiger partial charge in [0.15, 0.2) is 5.13 Å². The summed E-state index contributed by atoms with van der Waals surface area (Å²) in [5.41, 5.74) is 6.98. The average molecular weight is 358 g/mol. The van der Waals surface area contributed by atoms with E-state index in [4.69, 9.17) is 5.73 Å². The van der Waals surface area contributed by atoms with Crippen molar-refractivity contribution in [2.24, 2.45) is 0 Å². The molecule has 0 radical (unpaired) electrons. The molecule has 1 fully saturated rings. The lowest BCUT2D eigenvalue weighted by Crippen LogP contribution is -2.25. The highest BCUT2D eigenvalue weighted by Crippen LogP contribution is 2.36. The van der Waals surface area contributed by atoms with Crippen LogP contribution in [0.2, 0.25) is 0 Å². The standard InChI is InChI=1S/C13H16BrN3S2/c1-8-3-2-4-17(8)6-11-12(16-13(15)19-11)10-5-9(14)7-18-10/h5,7-8H,2-4,6H2,1H3,(H2,15,16)/t8-/m1/s1. The first-order valence-corrected chi connectivity index (χ1v) is 8.86. The van der Waals surface area contributed by atoms with Crippen LogP contribution in [0.3, 0.4) is 0 Å². The molecule has 0 bridgehead atoms. The number of thiazole rings is 1. The molecule has 3 heterocycles. The van der Waals surface area contributed by atoms with E-state index in [0.717, 1.165) is 16.7 Å². The van der Waals surface area contributed by atoms with E-state index in [2.05, 4.69) is 44.2 Å². The number of likely N-dealkylation sites (tertiary alicyclic amines) is 1. The maximum absolute atomic E-state index is 5.91. The molecule has 1 atom stereocenters. The van der Waals surface area contributed by atoms with Crippen LogP contribution in [0, 0.1) is 0 Å². The molecule has 0 aromatic carbocycles. The second-order valence-corrected chi connectivity index (χ2v) is 7.86. The smallest absolute Gasteiger partial charge is 0.180 e. The van der Waals surface area contributed by atoms with Crippen LogP contribution >= 0.6 is 38.6 Å². The second kappa shape index (κ2) is 5.52. The van der Waals surface area contributed by atoms with E-state index in [-0.39, 0.29) is 0 Å². The number of anilines is 1. The maximum Gasteiger partial charge on any atom is 0.180 e. The van der Waals surface area contributed by atoms with Crippen molar-refractivity contribution >= 4 is 43.7 Å². The molecule has 1 saturated heterocycles. The van der Waals surface area contributed by atoms with Gasteiger partial charge >= 0.3 is 0 Å². The molecule has 1 aliphatic rings. The predicted octanol–water partition coefficient (Wildman–Crippen LogP) is 4.20. The van der Waals surface area contributed by atoms with E-state index >= 15 is 0 Å². The average Bonchev–Trinajstić information content (AvgIpc) is 3.03. The monoisotopic (exact) mass is 357 g/mol. The topological polar surface area (TPSA) is 42.1 Å². The lowest BCUT2D eigenvalue weighted by Gasteiger charge is -2.20. The first kappa shape index (κ1) is 13.5. The van der Waals surface area contributed by atoms with Gasteiger partial charge in [-0.15, -0.1) is 22.7 Å². The van der Waals surface area contributed by atoms with Gasteiger partial charge in [0.1, 0.15) is 0 Å². The molecule has 1 aliphatic heterocycles. The molecule has 2 aromatic rings. The Labute approximate surface area is 129 Å². The quantitative estimate of drug-likeness (QED) is 0.894. The van der Waals surface area contributed by atoms with Crippen LogP contribution in [0.25, 0.3) is 10.6 Å². The first-order valence-electron chi connectivity index (χ1n) is 6.37. The van der Waals surface area contributed by atoms with E-state index in [1.54, 1.807) is 22.7 Å². The largest absolute Gasteiger partial charge is 0.375 e. The fraction of sp³-hybridized carbons (Fsp3) is 0.462. The lowest BCUT2D eigenvalue weighted by atomic mass is 10.2. The van der Waals surface area contributed by atoms with E-state index in [0.29, 0.717) is 11.2 Å². The van der Waals surface area contributed by atoms with E-state index in [9.17, 15) is 0 Å². The SMILES string of the molecule is C[C@@H]1CCCN1Cc1sc(N)nc1-c1cc(Br)cs1. The molecular formula is C13H16BrN3S2. The summed E-state index contributed by atoms with van der Waals surface area (Å²) in [7, 11) is 0. The fourth-order valence-electron chi connectivity index (χ4n) is 2.52. The van der Waals surface area contributed by atoms with E-state index < -0.39 is 0 Å². The third-order valence-corrected chi connectivity index (χ3v) is 6.12. The molecule has 102 valence electrons. The van der Waals surface area contributed by atoms with Crippen molar-refractivity contribution in [3.63, 3.8) is 0 Å². The summed E-state index contributed by atoms with van der Waals surface area (Å²) in [5, 5.41) is 2.76. The van der Waals surface area contributed by atoms with Crippen LogP contribution in [-0.2, 0) is 6.54 Å². The maximum atomic E-state index is 5.91. The molecule has 0 aliphatic carbocycles. The van der Waals surface area contributed by atoms with Crippen LogP contribution in [0.1, 0.15) is 24.6 Å². The van der Waals surface area contributed by atoms with Crippen LogP contribution in [0.15, 0.2) is 15.9 Å². The number of aromatic nitrogens is 1. The molecule has 0 spiro atoms. The number of halogens is 1. The number of nitrogen functional groups attached to an aromatic ring is 1. The van der Waals surface area contributed by atoms with Crippen molar-refractivity contribution in [2.45, 2.75) is 32.4 Å². The second-order valence-electron chi connectivity index (χ2n) is 4.91. The normalized spacial score (nSPS) is 20.2. The Balaban J connectivity index is 1.89. The van der Waals surface area contributed by atoms with E-state index in [1.807, 2.05) is 0 Å². The van der Waals surface area contributed by atoms with Gasteiger partial charge in [-0.3, -0.25) is 4.90 Å². The van der Waals surface area contributed by atoms with Crippen LogP contribution < -0.4 is 5.73 Å². The zero-order valence-corrected chi connectivity index (χ0v) is 13.9. The van der Waals surface area contributed by atoms with Crippen molar-refractivity contribution in [1.82, 2.24) is 9.88 Å². The zero-order chi connectivity index (χ0) is 13.4. The van der Waals surface area contributed by atoms with E-state index in [1.165, 1.54) is 29.1 Å². The number of nitrogens with two attached hydrogens (primary N) is 1. The molecule has 0 unspecified atom stereocenters. The summed E-state index contributed by atoms with van der Waals surface area (Å²) in [6.45, 7) is 4.46. The van der Waals surface area contributed by atoms with Gasteiger partial charge in [0, 0.05) is 27.3 Å². The Kier molecular flexibility index (Phi) is 3.93. The Morgan fingerprint density at radius 3 is 3.05 bits per heavy atom. The molecule has 2 aromatic heterocycles. The molecule has 19 heavy (non-hydrogen) atoms. The Morgan fingerprint density at radius 1 is 1.58 bits per heavy atom. The molecule has 0 amide bonds. The van der Waals surface area contributed by atoms with Gasteiger partial charge in [-0.05, 0) is 48.3 Å². The van der Waals surface area contributed by atoms with Crippen molar-refractivity contribution in [1.29, 1.82) is 0 Å². The van der Waals surface area contributed by atoms with Crippen molar-refractivity contribution < 1.29 is 0 Å². The minimum atomic E-state index is 0.668. The number of nitrogens with zero attached hydrogens (tertiary/aromatic N) is 2. The lowest BCUT2D eigenvalue weighted by molar-refractivity contribution is 0.263. The number of hydrogen-bond acceptors (Lipinski definition) is 5. The number of rotatable bonds is 3. The summed E-state index contributed by atoms with van der Waals surface area (Å²) >= 11 is 6.84. The number of hydrogen-bond donors (Lipinski definition) is 1. The van der Waals surface area contributed by atoms with Crippen molar-refractivity contribution in [3.05, 3.63) is 20.8 Å². The van der Waals surface area contributed by atoms with Gasteiger partial charge in [0.05, 0.1) is 10.6 Å². The summed E-state index contributed by atoms with van der Waals surface area (Å²) in [4.78, 5) is 9.54. The van der Waals surface area contributed by atoms with Gasteiger partial charge in [-0.1, -0.05) is 0 Å². The Morgan fingerprint density at radius 2 is 2.42 bits per heavy atom. The highest BCUT2D eigenvalue weighted by molar-refractivity contribution is 9.10. The van der Waals surface area contributed by atoms with Gasteiger partial charge in [-0.25, -0.2) is 4.98 Å². The highest BCUT2D eigenvalue weighted by Gasteiger charge is 2.23. The molecule has 3 rings (SSSR count). The summed E-state index contributed by atoms with van der Waals surface area (Å²) in [5.74, 6) is 0. The van der Waals surface area contributed by atoms with Crippen LogP contribution in [0.4, 0.5) is 5.13 Å². The first-order chi connectivity index (χ1) is 9.13. The van der Waals surface area contributed by atoms with Gasteiger partial charge < -0.3 is 5.73 Å². The number of thiophene rings is 1. The van der Waals surface area contributed by atoms with Crippen molar-refractivity contribution in [3.8, 4) is 10.6 Å². The van der Waals surface area contributed by atoms with Gasteiger partial charge in [0.2, 0.25) is 0 Å². The molecule has 2 N–H and O–H groups in total. The minimum Gasteiger partial charge on any atom is -0.375 e. The molecule has 0 saturated carbocycles. The van der Waals surface area contributed by atoms with Crippen LogP contribution in [-0.4, -0.2) is 22.5 Å². The summed E-state index contributed by atoms with van der Waals surface area (Å²) < 4.78 is 1.11. The third kappa shape index (κ3) is 2.86. The zero-order valence-electron chi connectivity index (χ0n) is 10.7. The minimum absolute atomic E-state index is 0.668. The van der Waals surface area contributed by atoms with Gasteiger partial charge in [-0.2, -0.15) is 0 Å².